The molecule has 0 radical (unpaired) electrons. The maximum absolute atomic E-state index is 12.4. The first-order chi connectivity index (χ1) is 11.8. The molecule has 1 heterocycles. The summed E-state index contributed by atoms with van der Waals surface area (Å²) in [5.41, 5.74) is 0.671. The second-order valence-electron chi connectivity index (χ2n) is 6.51. The molecule has 1 aromatic carbocycles. The zero-order valence-electron chi connectivity index (χ0n) is 14.3. The molecule has 0 bridgehead atoms. The predicted molar refractivity (Wildman–Crippen MR) is 92.7 cm³/mol. The lowest BCUT2D eigenvalue weighted by atomic mass is 9.86. The number of hydrogen-bond donors (Lipinski definition) is 2. The number of anilines is 1. The van der Waals surface area contributed by atoms with Crippen molar-refractivity contribution in [1.82, 2.24) is 9.03 Å². The van der Waals surface area contributed by atoms with E-state index in [0.29, 0.717) is 42.9 Å². The molecule has 0 saturated heterocycles. The summed E-state index contributed by atoms with van der Waals surface area (Å²) in [6.45, 7) is 0.194. The minimum absolute atomic E-state index is 0.0483. The second kappa shape index (κ2) is 7.19. The van der Waals surface area contributed by atoms with Crippen LogP contribution < -0.4 is 19.5 Å². The van der Waals surface area contributed by atoms with E-state index in [1.54, 1.807) is 18.2 Å². The summed E-state index contributed by atoms with van der Waals surface area (Å²) in [5, 5.41) is 2.90. The number of nitrogens with zero attached hydrogens (tertiary/aromatic N) is 1. The average Bonchev–Trinajstić information content (AvgIpc) is 3.02. The molecule has 1 fully saturated rings. The fourth-order valence-corrected chi connectivity index (χ4v) is 3.88. The molecule has 1 aromatic rings. The summed E-state index contributed by atoms with van der Waals surface area (Å²) in [6, 6.07) is 5.17. The maximum atomic E-state index is 12.4. The van der Waals surface area contributed by atoms with E-state index in [1.165, 1.54) is 14.1 Å². The zero-order chi connectivity index (χ0) is 18.0. The monoisotopic (exact) mass is 369 g/mol. The Morgan fingerprint density at radius 2 is 1.80 bits per heavy atom. The number of benzene rings is 1. The molecule has 2 aliphatic rings. The van der Waals surface area contributed by atoms with Crippen LogP contribution in [-0.2, 0) is 15.0 Å². The summed E-state index contributed by atoms with van der Waals surface area (Å²) < 4.78 is 38.1. The Bertz CT molecular complexity index is 742. The number of amides is 1. The molecule has 0 spiro atoms. The van der Waals surface area contributed by atoms with Gasteiger partial charge in [-0.15, -0.1) is 0 Å². The van der Waals surface area contributed by atoms with Crippen LogP contribution in [0.25, 0.3) is 0 Å². The lowest BCUT2D eigenvalue weighted by molar-refractivity contribution is -0.120. The highest BCUT2D eigenvalue weighted by Crippen LogP contribution is 2.34. The van der Waals surface area contributed by atoms with Gasteiger partial charge < -0.3 is 14.8 Å². The van der Waals surface area contributed by atoms with E-state index >= 15 is 0 Å². The first-order valence-electron chi connectivity index (χ1n) is 8.25. The van der Waals surface area contributed by atoms with Gasteiger partial charge >= 0.3 is 0 Å². The predicted octanol–water partition coefficient (Wildman–Crippen LogP) is 1.31. The van der Waals surface area contributed by atoms with Gasteiger partial charge in [-0.1, -0.05) is 0 Å². The topological polar surface area (TPSA) is 97.0 Å². The molecular formula is C16H23N3O5S. The molecule has 0 atom stereocenters. The van der Waals surface area contributed by atoms with Crippen molar-refractivity contribution in [1.29, 1.82) is 0 Å². The first kappa shape index (κ1) is 18.0. The van der Waals surface area contributed by atoms with E-state index in [1.807, 2.05) is 0 Å². The molecule has 25 heavy (non-hydrogen) atoms. The minimum atomic E-state index is -3.43. The third-order valence-corrected chi connectivity index (χ3v) is 6.13. The Hall–Kier alpha value is -1.84. The van der Waals surface area contributed by atoms with Gasteiger partial charge in [0.15, 0.2) is 11.5 Å². The number of carbonyl (C=O) groups is 1. The zero-order valence-corrected chi connectivity index (χ0v) is 15.1. The Morgan fingerprint density at radius 3 is 2.48 bits per heavy atom. The van der Waals surface area contributed by atoms with Gasteiger partial charge in [0.05, 0.1) is 0 Å². The summed E-state index contributed by atoms with van der Waals surface area (Å²) in [4.78, 5) is 12.4. The van der Waals surface area contributed by atoms with E-state index in [2.05, 4.69) is 10.0 Å². The van der Waals surface area contributed by atoms with Crippen molar-refractivity contribution >= 4 is 21.8 Å². The molecule has 1 amide bonds. The summed E-state index contributed by atoms with van der Waals surface area (Å²) in [7, 11) is -0.447. The number of fused-ring (bicyclic) bond motifs is 1. The van der Waals surface area contributed by atoms with E-state index in [4.69, 9.17) is 9.47 Å². The molecule has 138 valence electrons. The van der Waals surface area contributed by atoms with Gasteiger partial charge in [0.2, 0.25) is 12.7 Å². The van der Waals surface area contributed by atoms with E-state index in [9.17, 15) is 13.2 Å². The van der Waals surface area contributed by atoms with Crippen LogP contribution in [0.3, 0.4) is 0 Å². The molecular weight excluding hydrogens is 346 g/mol. The molecule has 0 aromatic heterocycles. The average molecular weight is 369 g/mol. The summed E-state index contributed by atoms with van der Waals surface area (Å²) >= 11 is 0. The van der Waals surface area contributed by atoms with Crippen molar-refractivity contribution in [2.75, 3.05) is 26.2 Å². The van der Waals surface area contributed by atoms with Gasteiger partial charge in [-0.3, -0.25) is 4.79 Å². The molecule has 1 saturated carbocycles. The van der Waals surface area contributed by atoms with Gasteiger partial charge in [0.25, 0.3) is 10.2 Å². The first-order valence-corrected chi connectivity index (χ1v) is 9.69. The number of carbonyl (C=O) groups excluding carboxylic acids is 1. The summed E-state index contributed by atoms with van der Waals surface area (Å²) in [5.74, 6) is 1.13. The highest BCUT2D eigenvalue weighted by Gasteiger charge is 2.29. The van der Waals surface area contributed by atoms with Crippen molar-refractivity contribution in [3.63, 3.8) is 0 Å². The van der Waals surface area contributed by atoms with Crippen molar-refractivity contribution in [3.05, 3.63) is 18.2 Å². The van der Waals surface area contributed by atoms with Crippen LogP contribution >= 0.6 is 0 Å². The normalized spacial score (nSPS) is 22.8. The molecule has 2 N–H and O–H groups in total. The third kappa shape index (κ3) is 4.23. The molecule has 0 unspecified atom stereocenters. The standard InChI is InChI=1S/C16H23N3O5S/c1-19(2)25(21,22)18-12-5-3-11(4-6-12)16(20)17-13-7-8-14-15(9-13)24-10-23-14/h7-9,11-12,18H,3-6,10H2,1-2H3,(H,17,20). The van der Waals surface area contributed by atoms with Crippen LogP contribution in [0.1, 0.15) is 25.7 Å². The van der Waals surface area contributed by atoms with Gasteiger partial charge in [-0.25, -0.2) is 0 Å². The van der Waals surface area contributed by atoms with Crippen LogP contribution in [0.2, 0.25) is 0 Å². The second-order valence-corrected chi connectivity index (χ2v) is 8.43. The van der Waals surface area contributed by atoms with Gasteiger partial charge in [-0.05, 0) is 37.8 Å². The third-order valence-electron chi connectivity index (χ3n) is 4.53. The maximum Gasteiger partial charge on any atom is 0.279 e. The smallest absolute Gasteiger partial charge is 0.279 e. The van der Waals surface area contributed by atoms with Crippen LogP contribution in [0.4, 0.5) is 5.69 Å². The Morgan fingerprint density at radius 1 is 1.12 bits per heavy atom. The number of ether oxygens (including phenoxy) is 2. The van der Waals surface area contributed by atoms with Gasteiger partial charge in [0, 0.05) is 37.8 Å². The van der Waals surface area contributed by atoms with Crippen molar-refractivity contribution in [3.8, 4) is 11.5 Å². The molecule has 1 aliphatic heterocycles. The van der Waals surface area contributed by atoms with E-state index in [-0.39, 0.29) is 24.7 Å². The number of rotatable bonds is 5. The van der Waals surface area contributed by atoms with E-state index < -0.39 is 10.2 Å². The number of nitrogens with one attached hydrogen (secondary N) is 2. The Balaban J connectivity index is 1.52. The van der Waals surface area contributed by atoms with Crippen LogP contribution in [0, 0.1) is 5.92 Å². The van der Waals surface area contributed by atoms with Gasteiger partial charge in [-0.2, -0.15) is 17.4 Å². The fraction of sp³-hybridized carbons (Fsp3) is 0.562. The molecule has 1 aliphatic carbocycles. The van der Waals surface area contributed by atoms with Crippen LogP contribution in [0.15, 0.2) is 18.2 Å². The van der Waals surface area contributed by atoms with Gasteiger partial charge in [0.1, 0.15) is 0 Å². The number of hydrogen-bond acceptors (Lipinski definition) is 5. The lowest BCUT2D eigenvalue weighted by Crippen LogP contribution is -2.44. The highest BCUT2D eigenvalue weighted by molar-refractivity contribution is 7.87. The Labute approximate surface area is 147 Å². The summed E-state index contributed by atoms with van der Waals surface area (Å²) in [6.07, 6.45) is 2.59. The minimum Gasteiger partial charge on any atom is -0.454 e. The van der Waals surface area contributed by atoms with Crippen molar-refractivity contribution in [2.24, 2.45) is 5.92 Å². The van der Waals surface area contributed by atoms with Crippen molar-refractivity contribution < 1.29 is 22.7 Å². The SMILES string of the molecule is CN(C)S(=O)(=O)NC1CCC(C(=O)Nc2ccc3c(c2)OCO3)CC1. The fourth-order valence-electron chi connectivity index (χ4n) is 3.01. The quantitative estimate of drug-likeness (QED) is 0.816. The molecule has 9 heteroatoms. The Kier molecular flexibility index (Phi) is 5.16. The van der Waals surface area contributed by atoms with E-state index in [0.717, 1.165) is 4.31 Å². The van der Waals surface area contributed by atoms with Crippen molar-refractivity contribution in [2.45, 2.75) is 31.7 Å². The molecule has 8 nitrogen and oxygen atoms in total. The molecule has 3 rings (SSSR count). The van der Waals surface area contributed by atoms with Crippen LogP contribution in [-0.4, -0.2) is 45.6 Å². The lowest BCUT2D eigenvalue weighted by Gasteiger charge is -2.29. The highest BCUT2D eigenvalue weighted by atomic mass is 32.2. The van der Waals surface area contributed by atoms with Crippen LogP contribution in [0.5, 0.6) is 11.5 Å². The largest absolute Gasteiger partial charge is 0.454 e.